The molecule has 0 aromatic heterocycles. The van der Waals surface area contributed by atoms with Crippen LogP contribution in [0.3, 0.4) is 0 Å². The van der Waals surface area contributed by atoms with Crippen molar-refractivity contribution in [3.8, 4) is 0 Å². The second kappa shape index (κ2) is 7.63. The van der Waals surface area contributed by atoms with E-state index in [1.165, 1.54) is 31.0 Å². The minimum atomic E-state index is -1.03. The first kappa shape index (κ1) is 15.3. The Morgan fingerprint density at radius 2 is 2.00 bits per heavy atom. The minimum absolute atomic E-state index is 0.00973. The molecule has 0 heterocycles. The number of carbonyl (C=O) groups excluding carboxylic acids is 1. The molecule has 1 fully saturated rings. The van der Waals surface area contributed by atoms with Gasteiger partial charge in [0.25, 0.3) is 0 Å². The molecule has 2 atom stereocenters. The van der Waals surface area contributed by atoms with Crippen molar-refractivity contribution in [1.82, 2.24) is 5.32 Å². The molecule has 0 aromatic rings. The van der Waals surface area contributed by atoms with Gasteiger partial charge in [0.05, 0.1) is 5.25 Å². The predicted molar refractivity (Wildman–Crippen MR) is 72.5 cm³/mol. The first-order valence-electron chi connectivity index (χ1n) is 6.41. The molecule has 1 aliphatic rings. The van der Waals surface area contributed by atoms with Crippen LogP contribution in [0.5, 0.6) is 0 Å². The lowest BCUT2D eigenvalue weighted by Gasteiger charge is -2.24. The zero-order chi connectivity index (χ0) is 13.5. The van der Waals surface area contributed by atoms with Crippen LogP contribution in [0.25, 0.3) is 0 Å². The third-order valence-corrected chi connectivity index (χ3v) is 4.43. The van der Waals surface area contributed by atoms with Crippen LogP contribution in [0.2, 0.25) is 0 Å². The summed E-state index contributed by atoms with van der Waals surface area (Å²) in [4.78, 5) is 22.4. The highest BCUT2D eigenvalue weighted by molar-refractivity contribution is 8.00. The topological polar surface area (TPSA) is 92.4 Å². The highest BCUT2D eigenvalue weighted by Crippen LogP contribution is 2.18. The van der Waals surface area contributed by atoms with Gasteiger partial charge in [-0.3, -0.25) is 9.59 Å². The van der Waals surface area contributed by atoms with E-state index in [0.717, 1.165) is 12.8 Å². The summed E-state index contributed by atoms with van der Waals surface area (Å²) in [6.07, 6.45) is 5.71. The maximum Gasteiger partial charge on any atom is 0.321 e. The van der Waals surface area contributed by atoms with Gasteiger partial charge in [0.2, 0.25) is 5.91 Å². The zero-order valence-corrected chi connectivity index (χ0v) is 11.5. The average Bonchev–Trinajstić information content (AvgIpc) is 2.36. The van der Waals surface area contributed by atoms with E-state index in [2.05, 4.69) is 5.32 Å². The van der Waals surface area contributed by atoms with Gasteiger partial charge in [-0.2, -0.15) is 0 Å². The molecule has 0 aliphatic heterocycles. The maximum atomic E-state index is 11.9. The lowest BCUT2D eigenvalue weighted by atomic mass is 9.95. The third kappa shape index (κ3) is 5.27. The van der Waals surface area contributed by atoms with E-state index in [4.69, 9.17) is 10.8 Å². The van der Waals surface area contributed by atoms with Gasteiger partial charge in [-0.25, -0.2) is 0 Å². The van der Waals surface area contributed by atoms with Gasteiger partial charge >= 0.3 is 5.97 Å². The fraction of sp³-hybridized carbons (Fsp3) is 0.833. The van der Waals surface area contributed by atoms with Crippen LogP contribution in [0.4, 0.5) is 0 Å². The lowest BCUT2D eigenvalue weighted by Crippen LogP contribution is -2.41. The Morgan fingerprint density at radius 3 is 2.56 bits per heavy atom. The second-order valence-electron chi connectivity index (χ2n) is 4.76. The molecule has 1 saturated carbocycles. The first-order chi connectivity index (χ1) is 8.50. The number of hydrogen-bond donors (Lipinski definition) is 3. The number of carboxylic acid groups (broad SMARTS) is 1. The largest absolute Gasteiger partial charge is 0.480 e. The Hall–Kier alpha value is -0.750. The van der Waals surface area contributed by atoms with Gasteiger partial charge < -0.3 is 16.2 Å². The van der Waals surface area contributed by atoms with Crippen molar-refractivity contribution >= 4 is 23.6 Å². The molecule has 5 nitrogen and oxygen atoms in total. The highest BCUT2D eigenvalue weighted by Gasteiger charge is 2.21. The van der Waals surface area contributed by atoms with Crippen molar-refractivity contribution in [3.05, 3.63) is 0 Å². The van der Waals surface area contributed by atoms with Crippen molar-refractivity contribution in [2.45, 2.75) is 56.4 Å². The maximum absolute atomic E-state index is 11.9. The van der Waals surface area contributed by atoms with Gasteiger partial charge in [-0.05, 0) is 19.8 Å². The second-order valence-corrected chi connectivity index (χ2v) is 6.14. The molecule has 0 bridgehead atoms. The van der Waals surface area contributed by atoms with Gasteiger partial charge in [0.15, 0.2) is 0 Å². The van der Waals surface area contributed by atoms with Crippen LogP contribution in [0, 0.1) is 0 Å². The van der Waals surface area contributed by atoms with E-state index in [1.54, 1.807) is 6.92 Å². The summed E-state index contributed by atoms with van der Waals surface area (Å²) in [6.45, 7) is 1.79. The van der Waals surface area contributed by atoms with Crippen molar-refractivity contribution in [2.75, 3.05) is 5.75 Å². The van der Waals surface area contributed by atoms with Gasteiger partial charge in [-0.15, -0.1) is 11.8 Å². The molecule has 104 valence electrons. The fourth-order valence-electron chi connectivity index (χ4n) is 1.96. The predicted octanol–water partition coefficient (Wildman–Crippen LogP) is 0.969. The average molecular weight is 274 g/mol. The number of hydrogen-bond acceptors (Lipinski definition) is 4. The molecule has 0 radical (unpaired) electrons. The molecular weight excluding hydrogens is 252 g/mol. The van der Waals surface area contributed by atoms with Crippen molar-refractivity contribution in [2.24, 2.45) is 5.73 Å². The van der Waals surface area contributed by atoms with E-state index >= 15 is 0 Å². The van der Waals surface area contributed by atoms with E-state index in [0.29, 0.717) is 6.04 Å². The number of carbonyl (C=O) groups is 2. The number of aliphatic carboxylic acids is 1. The van der Waals surface area contributed by atoms with Crippen molar-refractivity contribution in [1.29, 1.82) is 0 Å². The third-order valence-electron chi connectivity index (χ3n) is 3.16. The molecule has 1 aliphatic carbocycles. The lowest BCUT2D eigenvalue weighted by molar-refractivity contribution is -0.138. The van der Waals surface area contributed by atoms with Crippen LogP contribution >= 0.6 is 11.8 Å². The molecule has 4 N–H and O–H groups in total. The number of rotatable bonds is 6. The molecule has 0 aromatic carbocycles. The van der Waals surface area contributed by atoms with Crippen LogP contribution in [-0.4, -0.2) is 40.1 Å². The summed E-state index contributed by atoms with van der Waals surface area (Å²) < 4.78 is 0. The molecule has 1 amide bonds. The monoisotopic (exact) mass is 274 g/mol. The summed E-state index contributed by atoms with van der Waals surface area (Å²) in [5, 5.41) is 11.4. The Bertz CT molecular complexity index is 293. The summed E-state index contributed by atoms with van der Waals surface area (Å²) >= 11 is 1.29. The van der Waals surface area contributed by atoms with Crippen molar-refractivity contribution < 1.29 is 14.7 Å². The molecule has 0 saturated heterocycles. The molecule has 18 heavy (non-hydrogen) atoms. The van der Waals surface area contributed by atoms with Crippen LogP contribution in [0.15, 0.2) is 0 Å². The zero-order valence-electron chi connectivity index (χ0n) is 10.7. The number of thioether (sulfide) groups is 1. The standard InChI is InChI=1S/C12H22N2O3S/c1-8(18-7-10(13)12(16)17)11(15)14-9-5-3-2-4-6-9/h8-10H,2-7,13H2,1H3,(H,14,15)(H,16,17). The Labute approximate surface area is 112 Å². The van der Waals surface area contributed by atoms with Crippen LogP contribution < -0.4 is 11.1 Å². The summed E-state index contributed by atoms with van der Waals surface area (Å²) in [6, 6.07) is -0.609. The molecular formula is C12H22N2O3S. The minimum Gasteiger partial charge on any atom is -0.480 e. The van der Waals surface area contributed by atoms with Crippen molar-refractivity contribution in [3.63, 3.8) is 0 Å². The van der Waals surface area contributed by atoms with Gasteiger partial charge in [0.1, 0.15) is 6.04 Å². The number of nitrogens with one attached hydrogen (secondary N) is 1. The summed E-state index contributed by atoms with van der Waals surface area (Å²) in [5.41, 5.74) is 5.40. The number of carboxylic acids is 1. The Morgan fingerprint density at radius 1 is 1.39 bits per heavy atom. The van der Waals surface area contributed by atoms with E-state index in [9.17, 15) is 9.59 Å². The van der Waals surface area contributed by atoms with Gasteiger partial charge in [-0.1, -0.05) is 19.3 Å². The van der Waals surface area contributed by atoms with E-state index < -0.39 is 12.0 Å². The Balaban J connectivity index is 2.25. The molecule has 2 unspecified atom stereocenters. The smallest absolute Gasteiger partial charge is 0.321 e. The van der Waals surface area contributed by atoms with Crippen LogP contribution in [0.1, 0.15) is 39.0 Å². The summed E-state index contributed by atoms with van der Waals surface area (Å²) in [5.74, 6) is -0.777. The van der Waals surface area contributed by atoms with E-state index in [-0.39, 0.29) is 16.9 Å². The molecule has 6 heteroatoms. The first-order valence-corrected chi connectivity index (χ1v) is 7.46. The highest BCUT2D eigenvalue weighted by atomic mass is 32.2. The normalized spacial score (nSPS) is 20.1. The quantitative estimate of drug-likeness (QED) is 0.671. The molecule has 0 spiro atoms. The number of amides is 1. The molecule has 1 rings (SSSR count). The summed E-state index contributed by atoms with van der Waals surface area (Å²) in [7, 11) is 0. The SMILES string of the molecule is CC(SCC(N)C(=O)O)C(=O)NC1CCCCC1. The van der Waals surface area contributed by atoms with E-state index in [1.807, 2.05) is 0 Å². The van der Waals surface area contributed by atoms with Gasteiger partial charge in [0, 0.05) is 11.8 Å². The number of nitrogens with two attached hydrogens (primary N) is 1. The fourth-order valence-corrected chi connectivity index (χ4v) is 2.82. The van der Waals surface area contributed by atoms with Crippen LogP contribution in [-0.2, 0) is 9.59 Å². The Kier molecular flexibility index (Phi) is 6.49.